The number of nitrogen functional groups attached to an aromatic ring is 1. The van der Waals surface area contributed by atoms with Gasteiger partial charge in [-0.15, -0.1) is 0 Å². The van der Waals surface area contributed by atoms with Gasteiger partial charge in [0.25, 0.3) is 5.91 Å². The number of hydrogen-bond donors (Lipinski definition) is 3. The monoisotopic (exact) mass is 288 g/mol. The Hall–Kier alpha value is -2.96. The van der Waals surface area contributed by atoms with E-state index < -0.39 is 23.2 Å². The number of nitrogens with one attached hydrogen (secondary N) is 2. The number of anilines is 2. The second-order valence-corrected chi connectivity index (χ2v) is 4.41. The van der Waals surface area contributed by atoms with E-state index in [-0.39, 0.29) is 11.5 Å². The Morgan fingerprint density at radius 3 is 2.52 bits per heavy atom. The Morgan fingerprint density at radius 1 is 1.19 bits per heavy atom. The molecule has 1 aromatic heterocycles. The number of fused-ring (bicyclic) bond motifs is 1. The van der Waals surface area contributed by atoms with Crippen LogP contribution >= 0.6 is 0 Å². The lowest BCUT2D eigenvalue weighted by Gasteiger charge is -2.04. The number of imidazole rings is 1. The number of nitrogens with zero attached hydrogens (tertiary/aromatic N) is 1. The van der Waals surface area contributed by atoms with Gasteiger partial charge in [-0.1, -0.05) is 12.1 Å². The van der Waals surface area contributed by atoms with Crippen molar-refractivity contribution in [3.05, 3.63) is 53.6 Å². The summed E-state index contributed by atoms with van der Waals surface area (Å²) in [4.78, 5) is 19.0. The van der Waals surface area contributed by atoms with Crippen molar-refractivity contribution in [2.75, 3.05) is 11.1 Å². The molecule has 0 saturated heterocycles. The Morgan fingerprint density at radius 2 is 1.86 bits per heavy atom. The average molecular weight is 288 g/mol. The third-order valence-electron chi connectivity index (χ3n) is 2.96. The van der Waals surface area contributed by atoms with Crippen molar-refractivity contribution in [2.45, 2.75) is 0 Å². The van der Waals surface area contributed by atoms with E-state index in [1.165, 1.54) is 0 Å². The summed E-state index contributed by atoms with van der Waals surface area (Å²) in [7, 11) is 0. The van der Waals surface area contributed by atoms with Gasteiger partial charge in [0.2, 0.25) is 5.95 Å². The van der Waals surface area contributed by atoms with Crippen molar-refractivity contribution < 1.29 is 13.6 Å². The SMILES string of the molecule is Nc1c(F)cc(C(=O)Nc2nc3ccccc3[nH]2)cc1F. The molecule has 5 nitrogen and oxygen atoms in total. The molecule has 3 aromatic rings. The van der Waals surface area contributed by atoms with Crippen LogP contribution in [0.3, 0.4) is 0 Å². The number of halogens is 2. The van der Waals surface area contributed by atoms with Crippen LogP contribution in [0.2, 0.25) is 0 Å². The number of rotatable bonds is 2. The zero-order valence-electron chi connectivity index (χ0n) is 10.7. The highest BCUT2D eigenvalue weighted by molar-refractivity contribution is 6.04. The van der Waals surface area contributed by atoms with Gasteiger partial charge < -0.3 is 10.7 Å². The lowest BCUT2D eigenvalue weighted by Crippen LogP contribution is -2.14. The van der Waals surface area contributed by atoms with Gasteiger partial charge in [-0.3, -0.25) is 10.1 Å². The van der Waals surface area contributed by atoms with Crippen LogP contribution in [-0.2, 0) is 0 Å². The zero-order valence-corrected chi connectivity index (χ0v) is 10.7. The van der Waals surface area contributed by atoms with Gasteiger partial charge in [-0.05, 0) is 24.3 Å². The molecule has 0 aliphatic heterocycles. The normalized spacial score (nSPS) is 10.8. The molecule has 7 heteroatoms. The van der Waals surface area contributed by atoms with Crippen molar-refractivity contribution in [2.24, 2.45) is 0 Å². The van der Waals surface area contributed by atoms with Crippen molar-refractivity contribution in [1.29, 1.82) is 0 Å². The first-order valence-corrected chi connectivity index (χ1v) is 6.05. The summed E-state index contributed by atoms with van der Waals surface area (Å²) in [6, 6.07) is 8.92. The van der Waals surface area contributed by atoms with Crippen LogP contribution in [0.5, 0.6) is 0 Å². The van der Waals surface area contributed by atoms with E-state index in [1.807, 2.05) is 6.07 Å². The lowest BCUT2D eigenvalue weighted by molar-refractivity contribution is 0.102. The van der Waals surface area contributed by atoms with Crippen LogP contribution < -0.4 is 11.1 Å². The van der Waals surface area contributed by atoms with Crippen LogP contribution in [0, 0.1) is 11.6 Å². The second-order valence-electron chi connectivity index (χ2n) is 4.41. The summed E-state index contributed by atoms with van der Waals surface area (Å²) in [5.74, 6) is -2.46. The van der Waals surface area contributed by atoms with Gasteiger partial charge in [0.1, 0.15) is 17.3 Å². The van der Waals surface area contributed by atoms with Crippen molar-refractivity contribution in [3.8, 4) is 0 Å². The Kier molecular flexibility index (Phi) is 3.02. The minimum absolute atomic E-state index is 0.181. The van der Waals surface area contributed by atoms with Crippen LogP contribution in [0.4, 0.5) is 20.4 Å². The van der Waals surface area contributed by atoms with E-state index in [4.69, 9.17) is 5.73 Å². The largest absolute Gasteiger partial charge is 0.394 e. The highest BCUT2D eigenvalue weighted by Crippen LogP contribution is 2.19. The number of carbonyl (C=O) groups is 1. The fraction of sp³-hybridized carbons (Fsp3) is 0. The molecule has 0 aliphatic rings. The summed E-state index contributed by atoms with van der Waals surface area (Å²) < 4.78 is 26.7. The molecule has 0 aliphatic carbocycles. The van der Waals surface area contributed by atoms with E-state index in [0.717, 1.165) is 17.6 Å². The molecule has 0 fully saturated rings. The lowest BCUT2D eigenvalue weighted by atomic mass is 10.2. The van der Waals surface area contributed by atoms with Gasteiger partial charge in [0.15, 0.2) is 0 Å². The van der Waals surface area contributed by atoms with Gasteiger partial charge >= 0.3 is 0 Å². The predicted molar refractivity (Wildman–Crippen MR) is 74.8 cm³/mol. The number of H-pyrrole nitrogens is 1. The van der Waals surface area contributed by atoms with E-state index in [2.05, 4.69) is 15.3 Å². The fourth-order valence-electron chi connectivity index (χ4n) is 1.91. The predicted octanol–water partition coefficient (Wildman–Crippen LogP) is 2.68. The molecule has 3 rings (SSSR count). The minimum atomic E-state index is -0.982. The quantitative estimate of drug-likeness (QED) is 0.634. The zero-order chi connectivity index (χ0) is 15.0. The van der Waals surface area contributed by atoms with Gasteiger partial charge in [-0.25, -0.2) is 13.8 Å². The fourth-order valence-corrected chi connectivity index (χ4v) is 1.91. The minimum Gasteiger partial charge on any atom is -0.394 e. The van der Waals surface area contributed by atoms with Crippen molar-refractivity contribution in [1.82, 2.24) is 9.97 Å². The molecule has 0 saturated carbocycles. The first-order valence-electron chi connectivity index (χ1n) is 6.05. The highest BCUT2D eigenvalue weighted by atomic mass is 19.1. The van der Waals surface area contributed by atoms with E-state index in [0.29, 0.717) is 5.52 Å². The molecular weight excluding hydrogens is 278 g/mol. The van der Waals surface area contributed by atoms with E-state index in [9.17, 15) is 13.6 Å². The van der Waals surface area contributed by atoms with Gasteiger partial charge in [0, 0.05) is 5.56 Å². The Balaban J connectivity index is 1.89. The number of carbonyl (C=O) groups excluding carboxylic acids is 1. The molecule has 1 amide bonds. The molecule has 0 radical (unpaired) electrons. The third-order valence-corrected chi connectivity index (χ3v) is 2.96. The number of hydrogen-bond acceptors (Lipinski definition) is 3. The molecule has 1 heterocycles. The molecule has 21 heavy (non-hydrogen) atoms. The van der Waals surface area contributed by atoms with E-state index >= 15 is 0 Å². The van der Waals surface area contributed by atoms with Crippen molar-refractivity contribution in [3.63, 3.8) is 0 Å². The number of nitrogens with two attached hydrogens (primary N) is 1. The van der Waals surface area contributed by atoms with Crippen LogP contribution in [-0.4, -0.2) is 15.9 Å². The van der Waals surface area contributed by atoms with Crippen molar-refractivity contribution >= 4 is 28.6 Å². The standard InChI is InChI=1S/C14H10F2N4O/c15-8-5-7(6-9(16)12(8)17)13(21)20-14-18-10-3-1-2-4-11(10)19-14/h1-6H,17H2,(H2,18,19,20,21). The molecule has 0 unspecified atom stereocenters. The summed E-state index contributed by atoms with van der Waals surface area (Å²) >= 11 is 0. The summed E-state index contributed by atoms with van der Waals surface area (Å²) in [6.45, 7) is 0. The molecular formula is C14H10F2N4O. The highest BCUT2D eigenvalue weighted by Gasteiger charge is 2.14. The summed E-state index contributed by atoms with van der Waals surface area (Å²) in [5, 5.41) is 2.44. The van der Waals surface area contributed by atoms with Gasteiger partial charge in [0.05, 0.1) is 11.0 Å². The number of amides is 1. The maximum absolute atomic E-state index is 13.3. The maximum Gasteiger partial charge on any atom is 0.258 e. The summed E-state index contributed by atoms with van der Waals surface area (Å²) in [6.07, 6.45) is 0. The number of aromatic nitrogens is 2. The average Bonchev–Trinajstić information content (AvgIpc) is 2.86. The topological polar surface area (TPSA) is 83.8 Å². The molecule has 0 spiro atoms. The Bertz CT molecular complexity index is 788. The summed E-state index contributed by atoms with van der Waals surface area (Å²) in [5.41, 5.74) is 5.77. The smallest absolute Gasteiger partial charge is 0.258 e. The first kappa shape index (κ1) is 13.0. The molecule has 0 atom stereocenters. The number of para-hydroxylation sites is 2. The number of aromatic amines is 1. The molecule has 106 valence electrons. The first-order chi connectivity index (χ1) is 10.0. The maximum atomic E-state index is 13.3. The van der Waals surface area contributed by atoms with Crippen LogP contribution in [0.1, 0.15) is 10.4 Å². The van der Waals surface area contributed by atoms with E-state index in [1.54, 1.807) is 18.2 Å². The van der Waals surface area contributed by atoms with Gasteiger partial charge in [-0.2, -0.15) is 0 Å². The molecule has 0 bridgehead atoms. The Labute approximate surface area is 117 Å². The molecule has 2 aromatic carbocycles. The number of benzene rings is 2. The second kappa shape index (κ2) is 4.86. The molecule has 4 N–H and O–H groups in total. The third kappa shape index (κ3) is 2.40. The van der Waals surface area contributed by atoms with Crippen LogP contribution in [0.15, 0.2) is 36.4 Å². The van der Waals surface area contributed by atoms with Crippen LogP contribution in [0.25, 0.3) is 11.0 Å².